The zero-order chi connectivity index (χ0) is 12.4. The van der Waals surface area contributed by atoms with Crippen LogP contribution < -0.4 is 29.6 Å². The first-order chi connectivity index (χ1) is 7.21. The number of benzene rings is 1. The maximum atomic E-state index is 11.5. The van der Waals surface area contributed by atoms with E-state index in [4.69, 9.17) is 11.6 Å². The van der Waals surface area contributed by atoms with Gasteiger partial charge in [-0.15, -0.1) is 0 Å². The average molecular weight is 307 g/mol. The Labute approximate surface area is 127 Å². The topological polar surface area (TPSA) is 91.3 Å². The molecule has 0 saturated heterocycles. The molecule has 1 aromatic carbocycles. The van der Waals surface area contributed by atoms with Crippen molar-refractivity contribution >= 4 is 31.6 Å². The summed E-state index contributed by atoms with van der Waals surface area (Å²) in [7, 11) is -8.28. The van der Waals surface area contributed by atoms with Gasteiger partial charge in [-0.3, -0.25) is 0 Å². The summed E-state index contributed by atoms with van der Waals surface area (Å²) in [6.07, 6.45) is 0. The molecule has 1 aromatic rings. The Hall–Kier alpha value is 0.370. The van der Waals surface area contributed by atoms with Crippen molar-refractivity contribution in [1.29, 1.82) is 0 Å². The van der Waals surface area contributed by atoms with E-state index in [9.17, 15) is 21.4 Å². The summed E-state index contributed by atoms with van der Waals surface area (Å²) < 4.78 is 54.1. The predicted molar refractivity (Wildman–Crippen MR) is 58.1 cm³/mol. The van der Waals surface area contributed by atoms with Gasteiger partial charge in [0, 0.05) is 5.02 Å². The minimum atomic E-state index is -4.53. The van der Waals surface area contributed by atoms with Gasteiger partial charge in [-0.25, -0.2) is 16.8 Å². The Bertz CT molecular complexity index is 564. The number of hydrogen-bond acceptors (Lipinski definition) is 5. The van der Waals surface area contributed by atoms with Crippen LogP contribution in [0.4, 0.5) is 0 Å². The van der Waals surface area contributed by atoms with Gasteiger partial charge in [-0.05, 0) is 24.3 Å². The Morgan fingerprint density at radius 3 is 1.88 bits per heavy atom. The van der Waals surface area contributed by atoms with E-state index < -0.39 is 31.5 Å². The zero-order valence-electron chi connectivity index (χ0n) is 8.96. The van der Waals surface area contributed by atoms with Crippen molar-refractivity contribution in [3.8, 4) is 0 Å². The zero-order valence-corrected chi connectivity index (χ0v) is 13.3. The summed E-state index contributed by atoms with van der Waals surface area (Å²) in [4.78, 5) is -0.0550. The van der Waals surface area contributed by atoms with Crippen molar-refractivity contribution in [3.05, 3.63) is 29.3 Å². The third-order valence-corrected chi connectivity index (χ3v) is 4.72. The molecule has 9 heteroatoms. The fourth-order valence-corrected chi connectivity index (χ4v) is 3.58. The molecular formula is C8H8ClNaO5S2. The van der Waals surface area contributed by atoms with Crippen LogP contribution in [-0.2, 0) is 20.0 Å². The first-order valence-corrected chi connectivity index (χ1v) is 7.73. The normalized spacial score (nSPS) is 11.9. The number of halogens is 1. The second kappa shape index (κ2) is 6.51. The summed E-state index contributed by atoms with van der Waals surface area (Å²) in [5.41, 5.74) is 0. The molecule has 0 fully saturated rings. The first kappa shape index (κ1) is 17.4. The SMILES string of the molecule is O=S(=O)([O-])CCS(=O)(=O)c1ccc(Cl)cc1.[Na+]. The summed E-state index contributed by atoms with van der Waals surface area (Å²) in [6, 6.07) is 5.27. The minimum Gasteiger partial charge on any atom is -0.748 e. The van der Waals surface area contributed by atoms with E-state index in [0.29, 0.717) is 5.02 Å². The van der Waals surface area contributed by atoms with Crippen LogP contribution in [0.5, 0.6) is 0 Å². The third-order valence-electron chi connectivity index (χ3n) is 1.77. The van der Waals surface area contributed by atoms with Crippen molar-refractivity contribution in [3.63, 3.8) is 0 Å². The molecule has 0 bridgehead atoms. The van der Waals surface area contributed by atoms with Crippen molar-refractivity contribution < 1.29 is 50.9 Å². The van der Waals surface area contributed by atoms with Crippen LogP contribution in [0, 0.1) is 0 Å². The molecule has 90 valence electrons. The predicted octanol–water partition coefficient (Wildman–Crippen LogP) is -2.34. The van der Waals surface area contributed by atoms with Crippen LogP contribution in [0.2, 0.25) is 5.02 Å². The average Bonchev–Trinajstić information content (AvgIpc) is 2.15. The van der Waals surface area contributed by atoms with Gasteiger partial charge in [0.2, 0.25) is 0 Å². The van der Waals surface area contributed by atoms with E-state index in [1.807, 2.05) is 0 Å². The van der Waals surface area contributed by atoms with Crippen LogP contribution in [0.25, 0.3) is 0 Å². The molecule has 0 amide bonds. The van der Waals surface area contributed by atoms with Crippen LogP contribution in [0.3, 0.4) is 0 Å². The molecule has 5 nitrogen and oxygen atoms in total. The molecule has 0 radical (unpaired) electrons. The summed E-state index contributed by atoms with van der Waals surface area (Å²) >= 11 is 5.57. The van der Waals surface area contributed by atoms with Crippen molar-refractivity contribution in [2.24, 2.45) is 0 Å². The van der Waals surface area contributed by atoms with E-state index in [0.717, 1.165) is 0 Å². The molecule has 0 atom stereocenters. The molecule has 0 N–H and O–H groups in total. The summed E-state index contributed by atoms with van der Waals surface area (Å²) in [5, 5.41) is 0.371. The molecule has 1 rings (SSSR count). The third kappa shape index (κ3) is 6.19. The quantitative estimate of drug-likeness (QED) is 0.459. The van der Waals surface area contributed by atoms with Crippen molar-refractivity contribution in [2.75, 3.05) is 11.5 Å². The van der Waals surface area contributed by atoms with E-state index in [1.165, 1.54) is 24.3 Å². The first-order valence-electron chi connectivity index (χ1n) is 4.13. The molecule has 0 aliphatic heterocycles. The Kier molecular flexibility index (Phi) is 6.65. The van der Waals surface area contributed by atoms with Gasteiger partial charge in [0.25, 0.3) is 0 Å². The standard InChI is InChI=1S/C8H9ClO5S2.Na/c9-7-1-3-8(4-2-7)15(10,11)5-6-16(12,13)14;/h1-4H,5-6H2,(H,12,13,14);/q;+1/p-1. The number of hydrogen-bond donors (Lipinski definition) is 0. The van der Waals surface area contributed by atoms with Gasteiger partial charge < -0.3 is 4.55 Å². The summed E-state index contributed by atoms with van der Waals surface area (Å²) in [6.45, 7) is 0. The van der Waals surface area contributed by atoms with Gasteiger partial charge >= 0.3 is 29.6 Å². The van der Waals surface area contributed by atoms with Gasteiger partial charge in [0.05, 0.1) is 26.5 Å². The van der Waals surface area contributed by atoms with Crippen molar-refractivity contribution in [1.82, 2.24) is 0 Å². The molecule has 0 heterocycles. The maximum Gasteiger partial charge on any atom is 1.00 e. The van der Waals surface area contributed by atoms with Crippen LogP contribution in [0.1, 0.15) is 0 Å². The Balaban J connectivity index is 0.00000256. The van der Waals surface area contributed by atoms with E-state index in [-0.39, 0.29) is 34.5 Å². The van der Waals surface area contributed by atoms with Crippen LogP contribution in [0.15, 0.2) is 29.2 Å². The van der Waals surface area contributed by atoms with E-state index >= 15 is 0 Å². The van der Waals surface area contributed by atoms with E-state index in [1.54, 1.807) is 0 Å². The molecule has 0 aliphatic rings. The van der Waals surface area contributed by atoms with Gasteiger partial charge in [-0.1, -0.05) is 11.6 Å². The Morgan fingerprint density at radius 1 is 1.00 bits per heavy atom. The molecule has 0 spiro atoms. The molecule has 17 heavy (non-hydrogen) atoms. The smallest absolute Gasteiger partial charge is 0.748 e. The number of rotatable bonds is 4. The minimum absolute atomic E-state index is 0. The van der Waals surface area contributed by atoms with Gasteiger partial charge in [0.1, 0.15) is 0 Å². The number of sulfone groups is 1. The second-order valence-electron chi connectivity index (χ2n) is 3.03. The van der Waals surface area contributed by atoms with E-state index in [2.05, 4.69) is 0 Å². The molecule has 0 aromatic heterocycles. The molecule has 0 saturated carbocycles. The molecule has 0 aliphatic carbocycles. The fraction of sp³-hybridized carbons (Fsp3) is 0.250. The molecule has 0 unspecified atom stereocenters. The maximum absolute atomic E-state index is 11.5. The van der Waals surface area contributed by atoms with Crippen LogP contribution in [-0.4, -0.2) is 32.9 Å². The van der Waals surface area contributed by atoms with Crippen molar-refractivity contribution in [2.45, 2.75) is 4.90 Å². The van der Waals surface area contributed by atoms with Crippen LogP contribution >= 0.6 is 11.6 Å². The Morgan fingerprint density at radius 2 is 1.47 bits per heavy atom. The van der Waals surface area contributed by atoms with Gasteiger partial charge in [-0.2, -0.15) is 0 Å². The van der Waals surface area contributed by atoms with Gasteiger partial charge in [0.15, 0.2) is 9.84 Å². The monoisotopic (exact) mass is 306 g/mol. The fourth-order valence-electron chi connectivity index (χ4n) is 0.972. The second-order valence-corrected chi connectivity index (χ2v) is 7.10. The summed E-state index contributed by atoms with van der Waals surface area (Å²) in [5.74, 6) is -1.65. The molecular weight excluding hydrogens is 299 g/mol. The largest absolute Gasteiger partial charge is 1.00 e.